The monoisotopic (exact) mass is 411 g/mol. The molecule has 162 valence electrons. The van der Waals surface area contributed by atoms with Crippen molar-refractivity contribution in [1.82, 2.24) is 24.6 Å². The molecule has 2 bridgehead atoms. The van der Waals surface area contributed by atoms with Crippen molar-refractivity contribution in [2.75, 3.05) is 23.7 Å². The number of aryl methyl sites for hydroxylation is 1. The number of amides is 1. The second kappa shape index (κ2) is 7.39. The van der Waals surface area contributed by atoms with E-state index in [9.17, 15) is 4.79 Å². The van der Waals surface area contributed by atoms with Gasteiger partial charge in [-0.1, -0.05) is 13.8 Å². The summed E-state index contributed by atoms with van der Waals surface area (Å²) in [5.41, 5.74) is 7.02. The molecule has 1 amide bonds. The average molecular weight is 412 g/mol. The van der Waals surface area contributed by atoms with Gasteiger partial charge in [0, 0.05) is 38.6 Å². The summed E-state index contributed by atoms with van der Waals surface area (Å²) in [6.07, 6.45) is 8.04. The lowest BCUT2D eigenvalue weighted by Gasteiger charge is -2.56. The number of nitrogen functional groups attached to an aromatic ring is 1. The summed E-state index contributed by atoms with van der Waals surface area (Å²) < 4.78 is 1.76. The molecular weight excluding hydrogens is 378 g/mol. The van der Waals surface area contributed by atoms with Gasteiger partial charge in [0.15, 0.2) is 5.65 Å². The third kappa shape index (κ3) is 3.20. The zero-order valence-corrected chi connectivity index (χ0v) is 18.3. The van der Waals surface area contributed by atoms with Gasteiger partial charge in [-0.3, -0.25) is 9.48 Å². The summed E-state index contributed by atoms with van der Waals surface area (Å²) in [5, 5.41) is 5.09. The number of rotatable bonds is 4. The number of aromatic nitrogens is 4. The molecule has 3 saturated heterocycles. The van der Waals surface area contributed by atoms with Gasteiger partial charge in [-0.15, -0.1) is 0 Å². The van der Waals surface area contributed by atoms with E-state index in [0.717, 1.165) is 49.8 Å². The number of carbonyl (C=O) groups excluding carboxylic acids is 1. The highest BCUT2D eigenvalue weighted by Gasteiger charge is 2.49. The summed E-state index contributed by atoms with van der Waals surface area (Å²) in [6, 6.07) is 0.697. The van der Waals surface area contributed by atoms with Crippen LogP contribution >= 0.6 is 0 Å². The SMILES string of the molecule is CC(C)CC[C@H]1[C@H]2C[C@H](CN(c3nc(N)c4cnn(C)c4n3)C2)[C@@H]2CCCC(=O)N21. The number of hydrogen-bond acceptors (Lipinski definition) is 6. The van der Waals surface area contributed by atoms with Gasteiger partial charge in [0.05, 0.1) is 11.6 Å². The molecule has 0 spiro atoms. The molecular formula is C22H33N7O. The maximum absolute atomic E-state index is 12.9. The summed E-state index contributed by atoms with van der Waals surface area (Å²) in [6.45, 7) is 6.32. The minimum atomic E-state index is 0.335. The highest BCUT2D eigenvalue weighted by molar-refractivity contribution is 5.86. The van der Waals surface area contributed by atoms with Crippen molar-refractivity contribution in [2.24, 2.45) is 24.8 Å². The van der Waals surface area contributed by atoms with Crippen LogP contribution in [0.3, 0.4) is 0 Å². The third-order valence-corrected chi connectivity index (χ3v) is 7.43. The molecule has 0 saturated carbocycles. The standard InChI is InChI=1S/C22H33N7O/c1-13(2)7-8-18-15-9-14(17-5-4-6-19(30)29(17)18)11-28(12-15)22-25-20(23)16-10-24-27(3)21(16)26-22/h10,13-15,17-18H,4-9,11-12H2,1-3H3,(H2,23,25,26)/t14-,15+,17+,18+/m1/s1. The number of piperidine rings is 3. The van der Waals surface area contributed by atoms with Gasteiger partial charge in [-0.25, -0.2) is 0 Å². The predicted molar refractivity (Wildman–Crippen MR) is 117 cm³/mol. The molecule has 3 aliphatic heterocycles. The number of carbonyl (C=O) groups is 1. The molecule has 30 heavy (non-hydrogen) atoms. The smallest absolute Gasteiger partial charge is 0.229 e. The number of hydrogen-bond donors (Lipinski definition) is 1. The lowest BCUT2D eigenvalue weighted by atomic mass is 9.71. The Morgan fingerprint density at radius 2 is 2.03 bits per heavy atom. The lowest BCUT2D eigenvalue weighted by Crippen LogP contribution is -2.65. The Morgan fingerprint density at radius 3 is 2.83 bits per heavy atom. The molecule has 3 aliphatic rings. The summed E-state index contributed by atoms with van der Waals surface area (Å²) in [4.78, 5) is 27.0. The largest absolute Gasteiger partial charge is 0.383 e. The quantitative estimate of drug-likeness (QED) is 0.831. The Labute approximate surface area is 177 Å². The van der Waals surface area contributed by atoms with Crippen LogP contribution in [0.2, 0.25) is 0 Å². The zero-order chi connectivity index (χ0) is 21.0. The average Bonchev–Trinajstić information content (AvgIpc) is 3.09. The summed E-state index contributed by atoms with van der Waals surface area (Å²) in [7, 11) is 1.89. The van der Waals surface area contributed by atoms with E-state index in [1.807, 2.05) is 7.05 Å². The molecule has 5 rings (SSSR count). The first-order chi connectivity index (χ1) is 14.4. The zero-order valence-electron chi connectivity index (χ0n) is 18.3. The number of anilines is 2. The Balaban J connectivity index is 1.47. The summed E-state index contributed by atoms with van der Waals surface area (Å²) in [5.74, 6) is 3.17. The highest BCUT2D eigenvalue weighted by Crippen LogP contribution is 2.43. The fraction of sp³-hybridized carbons (Fsp3) is 0.727. The Hall–Kier alpha value is -2.38. The van der Waals surface area contributed by atoms with Gasteiger partial charge >= 0.3 is 0 Å². The van der Waals surface area contributed by atoms with E-state index in [2.05, 4.69) is 33.7 Å². The summed E-state index contributed by atoms with van der Waals surface area (Å²) >= 11 is 0. The van der Waals surface area contributed by atoms with Crippen molar-refractivity contribution in [3.8, 4) is 0 Å². The lowest BCUT2D eigenvalue weighted by molar-refractivity contribution is -0.149. The minimum absolute atomic E-state index is 0.335. The van der Waals surface area contributed by atoms with Gasteiger partial charge in [-0.2, -0.15) is 15.1 Å². The van der Waals surface area contributed by atoms with E-state index >= 15 is 0 Å². The van der Waals surface area contributed by atoms with Crippen molar-refractivity contribution in [3.05, 3.63) is 6.20 Å². The van der Waals surface area contributed by atoms with Crippen LogP contribution in [0.25, 0.3) is 11.0 Å². The van der Waals surface area contributed by atoms with Crippen LogP contribution in [0.4, 0.5) is 11.8 Å². The van der Waals surface area contributed by atoms with Crippen LogP contribution in [0.15, 0.2) is 6.20 Å². The van der Waals surface area contributed by atoms with Crippen molar-refractivity contribution in [1.29, 1.82) is 0 Å². The van der Waals surface area contributed by atoms with Crippen LogP contribution in [0.1, 0.15) is 52.4 Å². The number of nitrogens with zero attached hydrogens (tertiary/aromatic N) is 6. The minimum Gasteiger partial charge on any atom is -0.383 e. The topological polar surface area (TPSA) is 93.2 Å². The Morgan fingerprint density at radius 1 is 1.23 bits per heavy atom. The van der Waals surface area contributed by atoms with E-state index in [-0.39, 0.29) is 0 Å². The number of nitrogens with two attached hydrogens (primary N) is 1. The maximum atomic E-state index is 12.9. The molecule has 2 N–H and O–H groups in total. The molecule has 8 heteroatoms. The van der Waals surface area contributed by atoms with E-state index < -0.39 is 0 Å². The predicted octanol–water partition coefficient (Wildman–Crippen LogP) is 2.59. The molecule has 0 aliphatic carbocycles. The molecule has 2 aromatic rings. The molecule has 5 heterocycles. The fourth-order valence-corrected chi connectivity index (χ4v) is 5.99. The first-order valence-electron chi connectivity index (χ1n) is 11.4. The molecule has 4 atom stereocenters. The molecule has 0 unspecified atom stereocenters. The highest BCUT2D eigenvalue weighted by atomic mass is 16.2. The Bertz CT molecular complexity index is 954. The van der Waals surface area contributed by atoms with E-state index in [1.165, 1.54) is 6.42 Å². The van der Waals surface area contributed by atoms with Crippen molar-refractivity contribution in [2.45, 2.75) is 64.5 Å². The van der Waals surface area contributed by atoms with Gasteiger partial charge < -0.3 is 15.5 Å². The van der Waals surface area contributed by atoms with Crippen molar-refractivity contribution >= 4 is 28.7 Å². The Kier molecular flexibility index (Phi) is 4.82. The van der Waals surface area contributed by atoms with Crippen molar-refractivity contribution < 1.29 is 4.79 Å². The second-order valence-electron chi connectivity index (χ2n) is 9.87. The van der Waals surface area contributed by atoms with Gasteiger partial charge in [0.25, 0.3) is 0 Å². The van der Waals surface area contributed by atoms with Crippen LogP contribution in [0.5, 0.6) is 0 Å². The first-order valence-corrected chi connectivity index (χ1v) is 11.4. The van der Waals surface area contributed by atoms with E-state index in [1.54, 1.807) is 10.9 Å². The van der Waals surface area contributed by atoms with Crippen molar-refractivity contribution in [3.63, 3.8) is 0 Å². The molecule has 2 aromatic heterocycles. The first kappa shape index (κ1) is 19.6. The van der Waals surface area contributed by atoms with Gasteiger partial charge in [0.1, 0.15) is 5.82 Å². The van der Waals surface area contributed by atoms with Crippen LogP contribution in [0, 0.1) is 17.8 Å². The molecule has 3 fully saturated rings. The van der Waals surface area contributed by atoms with Gasteiger partial charge in [0.2, 0.25) is 11.9 Å². The number of fused-ring (bicyclic) bond motifs is 5. The van der Waals surface area contributed by atoms with Crippen LogP contribution in [-0.4, -0.2) is 55.7 Å². The maximum Gasteiger partial charge on any atom is 0.229 e. The van der Waals surface area contributed by atoms with Crippen LogP contribution in [-0.2, 0) is 11.8 Å². The van der Waals surface area contributed by atoms with Crippen LogP contribution < -0.4 is 10.6 Å². The molecule has 0 aromatic carbocycles. The molecule has 0 radical (unpaired) electrons. The van der Waals surface area contributed by atoms with E-state index in [0.29, 0.717) is 53.9 Å². The normalized spacial score (nSPS) is 29.0. The van der Waals surface area contributed by atoms with E-state index in [4.69, 9.17) is 10.7 Å². The second-order valence-corrected chi connectivity index (χ2v) is 9.87. The molecule has 8 nitrogen and oxygen atoms in total. The third-order valence-electron chi connectivity index (χ3n) is 7.43. The fourth-order valence-electron chi connectivity index (χ4n) is 5.99. The van der Waals surface area contributed by atoms with Gasteiger partial charge in [-0.05, 0) is 49.9 Å².